The number of sulfonamides is 1. The van der Waals surface area contributed by atoms with Gasteiger partial charge in [-0.3, -0.25) is 10.5 Å². The fourth-order valence-corrected chi connectivity index (χ4v) is 1.51. The summed E-state index contributed by atoms with van der Waals surface area (Å²) in [5.74, 6) is 0.529. The summed E-state index contributed by atoms with van der Waals surface area (Å²) < 4.78 is 29.1. The Labute approximate surface area is 82.9 Å². The van der Waals surface area contributed by atoms with Gasteiger partial charge in [0.05, 0.1) is 11.9 Å². The summed E-state index contributed by atoms with van der Waals surface area (Å²) in [5.41, 5.74) is 5.63. The largest absolute Gasteiger partial charge is 0.479 e. The van der Waals surface area contributed by atoms with Gasteiger partial charge in [0.1, 0.15) is 12.5 Å². The van der Waals surface area contributed by atoms with Gasteiger partial charge in [0.15, 0.2) is 0 Å². The molecule has 0 heterocycles. The van der Waals surface area contributed by atoms with Gasteiger partial charge < -0.3 is 4.74 Å². The van der Waals surface area contributed by atoms with Crippen molar-refractivity contribution in [1.29, 1.82) is 0 Å². The van der Waals surface area contributed by atoms with Crippen LogP contribution in [0.2, 0.25) is 0 Å². The molecule has 1 aromatic carbocycles. The molecule has 0 spiro atoms. The van der Waals surface area contributed by atoms with Crippen molar-refractivity contribution in [1.82, 2.24) is 0 Å². The first-order valence-electron chi connectivity index (χ1n) is 3.92. The van der Waals surface area contributed by atoms with E-state index >= 15 is 0 Å². The Morgan fingerprint density at radius 3 is 2.79 bits per heavy atom. The molecular weight excluding hydrogens is 204 g/mol. The summed E-state index contributed by atoms with van der Waals surface area (Å²) in [6.07, 6.45) is 1.09. The van der Waals surface area contributed by atoms with E-state index in [1.165, 1.54) is 0 Å². The molecule has 0 unspecified atom stereocenters. The highest BCUT2D eigenvalue weighted by molar-refractivity contribution is 7.92. The van der Waals surface area contributed by atoms with Crippen molar-refractivity contribution < 1.29 is 13.2 Å². The Morgan fingerprint density at radius 2 is 2.21 bits per heavy atom. The van der Waals surface area contributed by atoms with Crippen LogP contribution in [0.1, 0.15) is 0 Å². The van der Waals surface area contributed by atoms with Gasteiger partial charge in [0, 0.05) is 6.07 Å². The molecule has 0 saturated carbocycles. The highest BCUT2D eigenvalue weighted by Gasteiger charge is 2.02. The molecular formula is C8H12N2O3S. The van der Waals surface area contributed by atoms with Gasteiger partial charge in [-0.05, 0) is 12.1 Å². The molecule has 0 saturated heterocycles. The number of rotatable bonds is 4. The first-order valence-corrected chi connectivity index (χ1v) is 5.81. The molecule has 0 atom stereocenters. The van der Waals surface area contributed by atoms with E-state index in [0.717, 1.165) is 6.26 Å². The molecule has 0 bridgehead atoms. The highest BCUT2D eigenvalue weighted by atomic mass is 32.2. The topological polar surface area (TPSA) is 81.4 Å². The zero-order valence-electron chi connectivity index (χ0n) is 7.73. The number of nitrogens with two attached hydrogens (primary N) is 1. The number of hydrogen-bond acceptors (Lipinski definition) is 4. The second-order valence-electron chi connectivity index (χ2n) is 2.71. The maximum Gasteiger partial charge on any atom is 0.229 e. The van der Waals surface area contributed by atoms with Crippen molar-refractivity contribution in [3.05, 3.63) is 24.3 Å². The van der Waals surface area contributed by atoms with Gasteiger partial charge in [-0.15, -0.1) is 0 Å². The summed E-state index contributed by atoms with van der Waals surface area (Å²) in [7, 11) is -3.25. The fraction of sp³-hybridized carbons (Fsp3) is 0.250. The van der Waals surface area contributed by atoms with Crippen molar-refractivity contribution in [2.45, 2.75) is 0 Å². The van der Waals surface area contributed by atoms with Crippen molar-refractivity contribution >= 4 is 15.7 Å². The normalized spacial score (nSPS) is 11.0. The van der Waals surface area contributed by atoms with Crippen LogP contribution in [-0.2, 0) is 10.0 Å². The van der Waals surface area contributed by atoms with Gasteiger partial charge in [-0.25, -0.2) is 8.42 Å². The van der Waals surface area contributed by atoms with Gasteiger partial charge >= 0.3 is 0 Å². The zero-order chi connectivity index (χ0) is 10.6. The predicted molar refractivity (Wildman–Crippen MR) is 54.6 cm³/mol. The van der Waals surface area contributed by atoms with E-state index in [-0.39, 0.29) is 6.73 Å². The Bertz CT molecular complexity index is 403. The molecule has 1 rings (SSSR count). The Hall–Kier alpha value is -1.27. The van der Waals surface area contributed by atoms with Crippen LogP contribution in [0.15, 0.2) is 24.3 Å². The van der Waals surface area contributed by atoms with Gasteiger partial charge in [0.25, 0.3) is 0 Å². The monoisotopic (exact) mass is 216 g/mol. The number of ether oxygens (including phenoxy) is 1. The van der Waals surface area contributed by atoms with Crippen LogP contribution in [0.3, 0.4) is 0 Å². The number of nitrogens with one attached hydrogen (secondary N) is 1. The van der Waals surface area contributed by atoms with Crippen molar-refractivity contribution in [3.63, 3.8) is 0 Å². The van der Waals surface area contributed by atoms with E-state index in [2.05, 4.69) is 4.72 Å². The van der Waals surface area contributed by atoms with E-state index in [1.807, 2.05) is 0 Å². The van der Waals surface area contributed by atoms with Crippen molar-refractivity contribution in [3.8, 4) is 5.75 Å². The number of anilines is 1. The summed E-state index contributed by atoms with van der Waals surface area (Å²) in [4.78, 5) is 0. The van der Waals surface area contributed by atoms with Crippen LogP contribution in [0.5, 0.6) is 5.75 Å². The minimum Gasteiger partial charge on any atom is -0.479 e. The van der Waals surface area contributed by atoms with E-state index < -0.39 is 10.0 Å². The molecule has 3 N–H and O–H groups in total. The lowest BCUT2D eigenvalue weighted by molar-refractivity contribution is 0.330. The lowest BCUT2D eigenvalue weighted by Gasteiger charge is -2.06. The SMILES string of the molecule is CS(=O)(=O)Nc1cccc(OCN)c1. The molecule has 0 aliphatic carbocycles. The first kappa shape index (κ1) is 10.8. The predicted octanol–water partition coefficient (Wildman–Crippen LogP) is 0.353. The van der Waals surface area contributed by atoms with E-state index in [4.69, 9.17) is 10.5 Å². The second kappa shape index (κ2) is 4.30. The lowest BCUT2D eigenvalue weighted by Crippen LogP contribution is -2.10. The molecule has 0 aliphatic rings. The van der Waals surface area contributed by atoms with Crippen LogP contribution in [0, 0.1) is 0 Å². The zero-order valence-corrected chi connectivity index (χ0v) is 8.54. The Kier molecular flexibility index (Phi) is 3.32. The summed E-state index contributed by atoms with van der Waals surface area (Å²) in [5, 5.41) is 0. The quantitative estimate of drug-likeness (QED) is 0.712. The Balaban J connectivity index is 2.83. The average Bonchev–Trinajstić information content (AvgIpc) is 2.02. The van der Waals surface area contributed by atoms with Crippen LogP contribution < -0.4 is 15.2 Å². The minimum atomic E-state index is -3.25. The van der Waals surface area contributed by atoms with Crippen LogP contribution >= 0.6 is 0 Å². The Morgan fingerprint density at radius 1 is 1.50 bits per heavy atom. The lowest BCUT2D eigenvalue weighted by atomic mass is 10.3. The van der Waals surface area contributed by atoms with Crippen molar-refractivity contribution in [2.75, 3.05) is 17.7 Å². The fourth-order valence-electron chi connectivity index (χ4n) is 0.960. The molecule has 0 aliphatic heterocycles. The van der Waals surface area contributed by atoms with Gasteiger partial charge in [-0.1, -0.05) is 6.07 Å². The maximum atomic E-state index is 10.9. The third-order valence-corrected chi connectivity index (χ3v) is 1.99. The van der Waals surface area contributed by atoms with Gasteiger partial charge in [0.2, 0.25) is 10.0 Å². The van der Waals surface area contributed by atoms with Crippen molar-refractivity contribution in [2.24, 2.45) is 5.73 Å². The molecule has 78 valence electrons. The summed E-state index contributed by atoms with van der Waals surface area (Å²) >= 11 is 0. The van der Waals surface area contributed by atoms with Gasteiger partial charge in [-0.2, -0.15) is 0 Å². The third-order valence-electron chi connectivity index (χ3n) is 1.39. The average molecular weight is 216 g/mol. The second-order valence-corrected chi connectivity index (χ2v) is 4.46. The van der Waals surface area contributed by atoms with Crippen LogP contribution in [0.25, 0.3) is 0 Å². The molecule has 6 heteroatoms. The minimum absolute atomic E-state index is 0.0579. The first-order chi connectivity index (χ1) is 6.51. The third kappa shape index (κ3) is 3.63. The van der Waals surface area contributed by atoms with Crippen LogP contribution in [0.4, 0.5) is 5.69 Å². The van der Waals surface area contributed by atoms with Crippen LogP contribution in [-0.4, -0.2) is 21.4 Å². The summed E-state index contributed by atoms with van der Waals surface area (Å²) in [6, 6.07) is 6.57. The molecule has 0 radical (unpaired) electrons. The standard InChI is InChI=1S/C8H12N2O3S/c1-14(11,12)10-7-3-2-4-8(5-7)13-6-9/h2-5,10H,6,9H2,1H3. The molecule has 5 nitrogen and oxygen atoms in total. The highest BCUT2D eigenvalue weighted by Crippen LogP contribution is 2.17. The molecule has 14 heavy (non-hydrogen) atoms. The molecule has 0 fully saturated rings. The molecule has 1 aromatic rings. The van der Waals surface area contributed by atoms with E-state index in [9.17, 15) is 8.42 Å². The molecule has 0 aromatic heterocycles. The summed E-state index contributed by atoms with van der Waals surface area (Å²) in [6.45, 7) is 0.0579. The smallest absolute Gasteiger partial charge is 0.229 e. The van der Waals surface area contributed by atoms with E-state index in [1.54, 1.807) is 24.3 Å². The van der Waals surface area contributed by atoms with E-state index in [0.29, 0.717) is 11.4 Å². The maximum absolute atomic E-state index is 10.9. The number of benzene rings is 1. The number of hydrogen-bond donors (Lipinski definition) is 2. The molecule has 0 amide bonds.